The molecule has 0 saturated carbocycles. The van der Waals surface area contributed by atoms with Crippen molar-refractivity contribution in [3.05, 3.63) is 16.6 Å². The van der Waals surface area contributed by atoms with Crippen molar-refractivity contribution in [2.45, 2.75) is 6.92 Å². The smallest absolute Gasteiger partial charge is 0 e. The van der Waals surface area contributed by atoms with Crippen LogP contribution >= 0.6 is 11.3 Å². The van der Waals surface area contributed by atoms with E-state index in [2.05, 4.69) is 11.2 Å². The molecule has 1 rings (SSSR count). The molecule has 1 aromatic rings. The third kappa shape index (κ3) is 2.12. The van der Waals surface area contributed by atoms with E-state index in [1.54, 1.807) is 16.8 Å². The Morgan fingerprint density at radius 1 is 1.86 bits per heavy atom. The molecule has 0 bridgehead atoms. The van der Waals surface area contributed by atoms with E-state index >= 15 is 0 Å². The third-order valence-electron chi connectivity index (χ3n) is 0.504. The number of aryl methyl sites for hydroxylation is 1. The summed E-state index contributed by atoms with van der Waals surface area (Å²) >= 11 is 1.61. The summed E-state index contributed by atoms with van der Waals surface area (Å²) in [5.41, 5.74) is 1.77. The van der Waals surface area contributed by atoms with Crippen LogP contribution in [0.4, 0.5) is 0 Å². The number of rotatable bonds is 0. The van der Waals surface area contributed by atoms with Crippen LogP contribution in [0.25, 0.3) is 0 Å². The Morgan fingerprint density at radius 3 is 2.71 bits per heavy atom. The zero-order valence-electron chi connectivity index (χ0n) is 3.88. The molecule has 0 unspecified atom stereocenters. The predicted octanol–water partition coefficient (Wildman–Crippen LogP) is 1.25. The second kappa shape index (κ2) is 3.25. The molecule has 0 amide bonds. The first-order valence-electron chi connectivity index (χ1n) is 1.67. The van der Waals surface area contributed by atoms with Crippen LogP contribution in [0.2, 0.25) is 0 Å². The normalized spacial score (nSPS) is 7.57. The molecule has 1 radical (unpaired) electrons. The standard InChI is InChI=1S/C4H4NS.V/c1-4-2-5-3-6-4;/h3H,1H3;/q-1;. The minimum Gasteiger partial charge on any atom is -0.448 e. The average Bonchev–Trinajstić information content (AvgIpc) is 1.86. The van der Waals surface area contributed by atoms with Crippen LogP contribution < -0.4 is 0 Å². The van der Waals surface area contributed by atoms with Gasteiger partial charge in [0.05, 0.1) is 0 Å². The van der Waals surface area contributed by atoms with Crippen LogP contribution in [0.3, 0.4) is 0 Å². The molecule has 7 heavy (non-hydrogen) atoms. The van der Waals surface area contributed by atoms with Crippen molar-refractivity contribution < 1.29 is 18.6 Å². The third-order valence-corrected chi connectivity index (χ3v) is 1.16. The molecule has 1 heterocycles. The van der Waals surface area contributed by atoms with E-state index in [-0.39, 0.29) is 18.6 Å². The van der Waals surface area contributed by atoms with Crippen molar-refractivity contribution in [3.63, 3.8) is 0 Å². The molecule has 1 aromatic heterocycles. The van der Waals surface area contributed by atoms with Crippen molar-refractivity contribution in [2.75, 3.05) is 0 Å². The Labute approximate surface area is 58.7 Å². The molecule has 0 spiro atoms. The van der Waals surface area contributed by atoms with E-state index in [1.807, 2.05) is 6.92 Å². The first kappa shape index (κ1) is 7.21. The predicted molar refractivity (Wildman–Crippen MR) is 25.7 cm³/mol. The van der Waals surface area contributed by atoms with Crippen molar-refractivity contribution in [3.8, 4) is 0 Å². The number of thiazole rings is 1. The number of aromatic nitrogens is 1. The van der Waals surface area contributed by atoms with Gasteiger partial charge in [-0.05, 0) is 6.92 Å². The van der Waals surface area contributed by atoms with Gasteiger partial charge in [-0.3, -0.25) is 0 Å². The van der Waals surface area contributed by atoms with Gasteiger partial charge in [0.25, 0.3) is 0 Å². The van der Waals surface area contributed by atoms with Gasteiger partial charge in [0.15, 0.2) is 0 Å². The fourth-order valence-corrected chi connectivity index (χ4v) is 0.618. The summed E-state index contributed by atoms with van der Waals surface area (Å²) in [6, 6.07) is 0. The minimum atomic E-state index is 0. The molecule has 0 N–H and O–H groups in total. The Balaban J connectivity index is 0.000000360. The Hall–Kier alpha value is 0.214. The van der Waals surface area contributed by atoms with Gasteiger partial charge in [-0.15, -0.1) is 6.20 Å². The molecule has 37 valence electrons. The molecule has 0 aliphatic rings. The SMILES string of the molecule is Cc1[c-]ncs1.[V]. The van der Waals surface area contributed by atoms with Crippen molar-refractivity contribution in [1.29, 1.82) is 0 Å². The Bertz CT molecular complexity index is 115. The van der Waals surface area contributed by atoms with E-state index in [4.69, 9.17) is 0 Å². The van der Waals surface area contributed by atoms with Gasteiger partial charge < -0.3 is 4.98 Å². The van der Waals surface area contributed by atoms with Crippen LogP contribution in [0.1, 0.15) is 4.88 Å². The molecule has 3 heteroatoms. The number of hydrogen-bond donors (Lipinski definition) is 0. The summed E-state index contributed by atoms with van der Waals surface area (Å²) in [7, 11) is 0. The molecule has 0 atom stereocenters. The maximum absolute atomic E-state index is 3.72. The molecule has 0 saturated heterocycles. The summed E-state index contributed by atoms with van der Waals surface area (Å²) in [6.45, 7) is 1.98. The zero-order valence-corrected chi connectivity index (χ0v) is 6.09. The van der Waals surface area contributed by atoms with Crippen LogP contribution in [0, 0.1) is 13.1 Å². The summed E-state index contributed by atoms with van der Waals surface area (Å²) < 4.78 is 0. The monoisotopic (exact) mass is 149 g/mol. The number of hydrogen-bond acceptors (Lipinski definition) is 2. The molecular weight excluding hydrogens is 145 g/mol. The molecule has 0 aliphatic heterocycles. The van der Waals surface area contributed by atoms with Gasteiger partial charge in [-0.2, -0.15) is 0 Å². The van der Waals surface area contributed by atoms with E-state index in [9.17, 15) is 0 Å². The largest absolute Gasteiger partial charge is 0.448 e. The van der Waals surface area contributed by atoms with Crippen LogP contribution in [-0.2, 0) is 18.6 Å². The zero-order chi connectivity index (χ0) is 4.41. The van der Waals surface area contributed by atoms with Gasteiger partial charge in [-0.1, -0.05) is 10.4 Å². The van der Waals surface area contributed by atoms with Gasteiger partial charge >= 0.3 is 0 Å². The quantitative estimate of drug-likeness (QED) is 0.506. The Kier molecular flexibility index (Phi) is 3.35. The maximum Gasteiger partial charge on any atom is 0 e. The molecule has 0 aromatic carbocycles. The maximum atomic E-state index is 3.72. The van der Waals surface area contributed by atoms with Crippen molar-refractivity contribution >= 4 is 11.3 Å². The van der Waals surface area contributed by atoms with Gasteiger partial charge in [0.1, 0.15) is 0 Å². The fourth-order valence-electron chi connectivity index (χ4n) is 0.249. The summed E-state index contributed by atoms with van der Waals surface area (Å²) in [5.74, 6) is 0. The van der Waals surface area contributed by atoms with E-state index in [0.29, 0.717) is 0 Å². The van der Waals surface area contributed by atoms with E-state index < -0.39 is 0 Å². The average molecular weight is 149 g/mol. The van der Waals surface area contributed by atoms with Crippen molar-refractivity contribution in [1.82, 2.24) is 4.98 Å². The first-order chi connectivity index (χ1) is 2.89. The fraction of sp³-hybridized carbons (Fsp3) is 0.250. The van der Waals surface area contributed by atoms with Gasteiger partial charge in [0.2, 0.25) is 0 Å². The molecular formula is C4H4NSV-. The van der Waals surface area contributed by atoms with Crippen LogP contribution in [0.15, 0.2) is 5.51 Å². The van der Waals surface area contributed by atoms with Crippen LogP contribution in [-0.4, -0.2) is 4.98 Å². The number of nitrogens with zero attached hydrogens (tertiary/aromatic N) is 1. The summed E-state index contributed by atoms with van der Waals surface area (Å²) in [6.07, 6.45) is 2.77. The second-order valence-corrected chi connectivity index (χ2v) is 2.08. The Morgan fingerprint density at radius 2 is 2.57 bits per heavy atom. The van der Waals surface area contributed by atoms with Crippen LogP contribution in [0.5, 0.6) is 0 Å². The molecule has 0 aliphatic carbocycles. The summed E-state index contributed by atoms with van der Waals surface area (Å²) in [5, 5.41) is 0. The van der Waals surface area contributed by atoms with Crippen molar-refractivity contribution in [2.24, 2.45) is 0 Å². The summed E-state index contributed by atoms with van der Waals surface area (Å²) in [4.78, 5) is 4.86. The first-order valence-corrected chi connectivity index (χ1v) is 2.55. The molecule has 1 nitrogen and oxygen atoms in total. The van der Waals surface area contributed by atoms with E-state index in [1.165, 1.54) is 0 Å². The van der Waals surface area contributed by atoms with Gasteiger partial charge in [-0.25, -0.2) is 11.3 Å². The van der Waals surface area contributed by atoms with Gasteiger partial charge in [0, 0.05) is 18.6 Å². The second-order valence-electron chi connectivity index (χ2n) is 1.02. The minimum absolute atomic E-state index is 0. The van der Waals surface area contributed by atoms with E-state index in [0.717, 1.165) is 4.88 Å². The molecule has 0 fully saturated rings. The topological polar surface area (TPSA) is 12.9 Å².